The van der Waals surface area contributed by atoms with Gasteiger partial charge in [0.1, 0.15) is 5.60 Å². The Morgan fingerprint density at radius 2 is 1.81 bits per heavy atom. The van der Waals surface area contributed by atoms with Gasteiger partial charge < -0.3 is 14.6 Å². The third kappa shape index (κ3) is 5.47. The van der Waals surface area contributed by atoms with Crippen LogP contribution in [0.4, 0.5) is 0 Å². The number of methoxy groups -OCH3 is 1. The van der Waals surface area contributed by atoms with Crippen LogP contribution in [0.5, 0.6) is 0 Å². The van der Waals surface area contributed by atoms with Gasteiger partial charge in [0.05, 0.1) is 11.5 Å². The van der Waals surface area contributed by atoms with E-state index >= 15 is 0 Å². The highest BCUT2D eigenvalue weighted by molar-refractivity contribution is 5.73. The van der Waals surface area contributed by atoms with Gasteiger partial charge in [-0.25, -0.2) is 0 Å². The molecule has 0 saturated heterocycles. The molecule has 0 heterocycles. The average molecular weight is 232 g/mol. The molecule has 2 atom stereocenters. The molecule has 0 aromatic heterocycles. The van der Waals surface area contributed by atoms with Crippen molar-refractivity contribution in [2.45, 2.75) is 52.2 Å². The molecule has 0 aromatic carbocycles. The molecule has 16 heavy (non-hydrogen) atoms. The van der Waals surface area contributed by atoms with Gasteiger partial charge in [0, 0.05) is 20.1 Å². The molecule has 0 aliphatic heterocycles. The number of hydrogen-bond acceptors (Lipinski definition) is 4. The van der Waals surface area contributed by atoms with Crippen molar-refractivity contribution >= 4 is 5.97 Å². The maximum atomic E-state index is 11.7. The summed E-state index contributed by atoms with van der Waals surface area (Å²) in [4.78, 5) is 11.7. The van der Waals surface area contributed by atoms with Crippen molar-refractivity contribution in [3.63, 3.8) is 0 Å². The van der Waals surface area contributed by atoms with Crippen molar-refractivity contribution < 1.29 is 19.4 Å². The van der Waals surface area contributed by atoms with Gasteiger partial charge in [0.15, 0.2) is 0 Å². The van der Waals surface area contributed by atoms with Crippen molar-refractivity contribution in [1.29, 1.82) is 0 Å². The smallest absolute Gasteiger partial charge is 0.312 e. The Hall–Kier alpha value is -0.610. The quantitative estimate of drug-likeness (QED) is 0.734. The predicted molar refractivity (Wildman–Crippen MR) is 62.1 cm³/mol. The first-order valence-electron chi connectivity index (χ1n) is 5.54. The lowest BCUT2D eigenvalue weighted by Crippen LogP contribution is -2.41. The summed E-state index contributed by atoms with van der Waals surface area (Å²) in [5, 5.41) is 10.1. The Morgan fingerprint density at radius 1 is 1.31 bits per heavy atom. The lowest BCUT2D eigenvalue weighted by atomic mass is 9.88. The maximum absolute atomic E-state index is 11.7. The zero-order valence-electron chi connectivity index (χ0n) is 11.2. The van der Waals surface area contributed by atoms with Crippen molar-refractivity contribution in [2.75, 3.05) is 13.7 Å². The lowest BCUT2D eigenvalue weighted by molar-refractivity contribution is -0.168. The van der Waals surface area contributed by atoms with E-state index in [1.54, 1.807) is 21.0 Å². The van der Waals surface area contributed by atoms with Crippen LogP contribution >= 0.6 is 0 Å². The van der Waals surface area contributed by atoms with E-state index in [-0.39, 0.29) is 5.97 Å². The molecule has 1 N–H and O–H groups in total. The van der Waals surface area contributed by atoms with Crippen molar-refractivity contribution in [3.05, 3.63) is 0 Å². The fourth-order valence-corrected chi connectivity index (χ4v) is 1.17. The molecule has 2 unspecified atom stereocenters. The molecule has 0 fully saturated rings. The third-order valence-electron chi connectivity index (χ3n) is 2.51. The van der Waals surface area contributed by atoms with Crippen LogP contribution in [0.15, 0.2) is 0 Å². The monoisotopic (exact) mass is 232 g/mol. The molecule has 0 spiro atoms. The highest BCUT2D eigenvalue weighted by Gasteiger charge is 2.36. The summed E-state index contributed by atoms with van der Waals surface area (Å²) >= 11 is 0. The zero-order valence-corrected chi connectivity index (χ0v) is 11.2. The van der Waals surface area contributed by atoms with Crippen LogP contribution in [0, 0.1) is 5.92 Å². The SMILES string of the molecule is COCCC(C)(O)C(C)C(=O)OC(C)(C)C. The number of carbonyl (C=O) groups is 1. The maximum Gasteiger partial charge on any atom is 0.312 e. The van der Waals surface area contributed by atoms with Crippen LogP contribution in [0.25, 0.3) is 0 Å². The van der Waals surface area contributed by atoms with E-state index in [1.807, 2.05) is 20.8 Å². The number of carbonyl (C=O) groups excluding carboxylic acids is 1. The first-order valence-corrected chi connectivity index (χ1v) is 5.54. The Kier molecular flexibility index (Phi) is 5.42. The second-order valence-electron chi connectivity index (χ2n) is 5.36. The van der Waals surface area contributed by atoms with E-state index < -0.39 is 17.1 Å². The minimum Gasteiger partial charge on any atom is -0.460 e. The molecule has 4 heteroatoms. The summed E-state index contributed by atoms with van der Waals surface area (Å²) in [7, 11) is 1.56. The van der Waals surface area contributed by atoms with Crippen LogP contribution in [-0.2, 0) is 14.3 Å². The van der Waals surface area contributed by atoms with Gasteiger partial charge in [-0.3, -0.25) is 4.79 Å². The van der Waals surface area contributed by atoms with E-state index in [9.17, 15) is 9.90 Å². The zero-order chi connectivity index (χ0) is 13.0. The highest BCUT2D eigenvalue weighted by atomic mass is 16.6. The van der Waals surface area contributed by atoms with E-state index in [4.69, 9.17) is 9.47 Å². The molecule has 0 bridgehead atoms. The molecule has 0 aliphatic carbocycles. The molecule has 96 valence electrons. The second-order valence-corrected chi connectivity index (χ2v) is 5.36. The van der Waals surface area contributed by atoms with E-state index in [0.717, 1.165) is 0 Å². The molecule has 0 radical (unpaired) electrons. The number of ether oxygens (including phenoxy) is 2. The first-order chi connectivity index (χ1) is 7.10. The molecular formula is C12H24O4. The Morgan fingerprint density at radius 3 is 2.19 bits per heavy atom. The highest BCUT2D eigenvalue weighted by Crippen LogP contribution is 2.24. The Balaban J connectivity index is 4.41. The number of esters is 1. The van der Waals surface area contributed by atoms with Gasteiger partial charge >= 0.3 is 5.97 Å². The molecule has 0 amide bonds. The van der Waals surface area contributed by atoms with Gasteiger partial charge in [-0.05, 0) is 34.6 Å². The van der Waals surface area contributed by atoms with Crippen molar-refractivity contribution in [3.8, 4) is 0 Å². The first kappa shape index (κ1) is 15.4. The van der Waals surface area contributed by atoms with Gasteiger partial charge in [-0.1, -0.05) is 0 Å². The normalized spacial score (nSPS) is 17.7. The van der Waals surface area contributed by atoms with Crippen LogP contribution in [0.2, 0.25) is 0 Å². The van der Waals surface area contributed by atoms with Gasteiger partial charge in [-0.2, -0.15) is 0 Å². The molecule has 0 saturated carbocycles. The van der Waals surface area contributed by atoms with E-state index in [0.29, 0.717) is 13.0 Å². The fraction of sp³-hybridized carbons (Fsp3) is 0.917. The summed E-state index contributed by atoms with van der Waals surface area (Å²) in [5.41, 5.74) is -1.62. The minimum atomic E-state index is -1.10. The number of aliphatic hydroxyl groups is 1. The van der Waals surface area contributed by atoms with E-state index in [1.165, 1.54) is 0 Å². The van der Waals surface area contributed by atoms with Crippen LogP contribution in [0.3, 0.4) is 0 Å². The van der Waals surface area contributed by atoms with E-state index in [2.05, 4.69) is 0 Å². The van der Waals surface area contributed by atoms with Gasteiger partial charge in [0.2, 0.25) is 0 Å². The summed E-state index contributed by atoms with van der Waals surface area (Å²) < 4.78 is 10.1. The van der Waals surface area contributed by atoms with Gasteiger partial charge in [-0.15, -0.1) is 0 Å². The van der Waals surface area contributed by atoms with Gasteiger partial charge in [0.25, 0.3) is 0 Å². The summed E-state index contributed by atoms with van der Waals surface area (Å²) in [5.74, 6) is -0.949. The number of rotatable bonds is 5. The van der Waals surface area contributed by atoms with Crippen LogP contribution < -0.4 is 0 Å². The summed E-state index contributed by atoms with van der Waals surface area (Å²) in [6, 6.07) is 0. The predicted octanol–water partition coefficient (Wildman–Crippen LogP) is 1.75. The summed E-state index contributed by atoms with van der Waals surface area (Å²) in [6.07, 6.45) is 0.407. The fourth-order valence-electron chi connectivity index (χ4n) is 1.17. The lowest BCUT2D eigenvalue weighted by Gasteiger charge is -2.31. The molecule has 0 rings (SSSR count). The summed E-state index contributed by atoms with van der Waals surface area (Å²) in [6.45, 7) is 9.13. The average Bonchev–Trinajstić information content (AvgIpc) is 2.10. The van der Waals surface area contributed by atoms with Crippen LogP contribution in [-0.4, -0.2) is 36.0 Å². The molecular weight excluding hydrogens is 208 g/mol. The number of hydrogen-bond donors (Lipinski definition) is 1. The standard InChI is InChI=1S/C12H24O4/c1-9(10(13)16-11(2,3)4)12(5,14)7-8-15-6/h9,14H,7-8H2,1-6H3. The minimum absolute atomic E-state index is 0.381. The Labute approximate surface area is 97.9 Å². The van der Waals surface area contributed by atoms with Crippen molar-refractivity contribution in [2.24, 2.45) is 5.92 Å². The largest absolute Gasteiger partial charge is 0.460 e. The third-order valence-corrected chi connectivity index (χ3v) is 2.51. The topological polar surface area (TPSA) is 55.8 Å². The Bertz CT molecular complexity index is 228. The van der Waals surface area contributed by atoms with Crippen molar-refractivity contribution in [1.82, 2.24) is 0 Å². The van der Waals surface area contributed by atoms with Crippen LogP contribution in [0.1, 0.15) is 41.0 Å². The second kappa shape index (κ2) is 5.64. The molecule has 0 aromatic rings. The molecule has 0 aliphatic rings. The molecule has 4 nitrogen and oxygen atoms in total.